The molecular weight excluding hydrogens is 280 g/mol. The normalized spacial score (nSPS) is 10.7. The minimum absolute atomic E-state index is 0.0528. The van der Waals surface area contributed by atoms with Crippen LogP contribution in [0.4, 0.5) is 5.69 Å². The van der Waals surface area contributed by atoms with E-state index in [2.05, 4.69) is 5.32 Å². The zero-order valence-electron chi connectivity index (χ0n) is 13.9. The number of carbonyl (C=O) groups is 1. The summed E-state index contributed by atoms with van der Waals surface area (Å²) >= 11 is 0. The third kappa shape index (κ3) is 7.31. The van der Waals surface area contributed by atoms with Crippen LogP contribution < -0.4 is 15.8 Å². The average molecular weight is 308 g/mol. The van der Waals surface area contributed by atoms with Crippen molar-refractivity contribution in [1.29, 1.82) is 0 Å². The lowest BCUT2D eigenvalue weighted by Crippen LogP contribution is -2.25. The Hall–Kier alpha value is -1.75. The third-order valence-corrected chi connectivity index (χ3v) is 3.11. The van der Waals surface area contributed by atoms with Gasteiger partial charge < -0.3 is 20.5 Å². The molecule has 1 rings (SSSR count). The Bertz CT molecular complexity index is 461. The maximum atomic E-state index is 11.8. The van der Waals surface area contributed by atoms with Gasteiger partial charge in [-0.2, -0.15) is 0 Å². The highest BCUT2D eigenvalue weighted by atomic mass is 16.5. The van der Waals surface area contributed by atoms with E-state index < -0.39 is 0 Å². The molecule has 0 bridgehead atoms. The van der Waals surface area contributed by atoms with Crippen LogP contribution in [0.25, 0.3) is 0 Å². The highest BCUT2D eigenvalue weighted by Gasteiger charge is 2.05. The molecule has 0 aliphatic carbocycles. The van der Waals surface area contributed by atoms with E-state index in [1.807, 2.05) is 39.0 Å². The van der Waals surface area contributed by atoms with Crippen LogP contribution in [0.1, 0.15) is 39.2 Å². The fraction of sp³-hybridized carbons (Fsp3) is 0.588. The van der Waals surface area contributed by atoms with Gasteiger partial charge in [-0.1, -0.05) is 6.07 Å². The fourth-order valence-corrected chi connectivity index (χ4v) is 2.01. The number of benzene rings is 1. The minimum atomic E-state index is 0.0528. The summed E-state index contributed by atoms with van der Waals surface area (Å²) in [5, 5.41) is 2.90. The van der Waals surface area contributed by atoms with Crippen LogP contribution in [0, 0.1) is 0 Å². The van der Waals surface area contributed by atoms with Gasteiger partial charge in [0.1, 0.15) is 5.75 Å². The summed E-state index contributed by atoms with van der Waals surface area (Å²) in [4.78, 5) is 11.8. The number of nitrogens with two attached hydrogens (primary N) is 1. The van der Waals surface area contributed by atoms with Crippen LogP contribution in [0.15, 0.2) is 18.2 Å². The Kier molecular flexibility index (Phi) is 8.36. The summed E-state index contributed by atoms with van der Waals surface area (Å²) in [6.45, 7) is 7.84. The monoisotopic (exact) mass is 308 g/mol. The molecule has 124 valence electrons. The zero-order valence-corrected chi connectivity index (χ0v) is 13.9. The van der Waals surface area contributed by atoms with Crippen molar-refractivity contribution < 1.29 is 14.3 Å². The van der Waals surface area contributed by atoms with Crippen molar-refractivity contribution in [3.63, 3.8) is 0 Å². The molecule has 5 nitrogen and oxygen atoms in total. The lowest BCUT2D eigenvalue weighted by atomic mass is 10.1. The number of ether oxygens (including phenoxy) is 2. The van der Waals surface area contributed by atoms with E-state index in [0.717, 1.165) is 12.0 Å². The van der Waals surface area contributed by atoms with Gasteiger partial charge in [0, 0.05) is 19.6 Å². The van der Waals surface area contributed by atoms with Gasteiger partial charge >= 0.3 is 0 Å². The van der Waals surface area contributed by atoms with Crippen molar-refractivity contribution >= 4 is 11.6 Å². The predicted molar refractivity (Wildman–Crippen MR) is 89.1 cm³/mol. The quantitative estimate of drug-likeness (QED) is 0.514. The van der Waals surface area contributed by atoms with E-state index in [9.17, 15) is 4.79 Å². The molecule has 0 saturated carbocycles. The Balaban J connectivity index is 2.25. The van der Waals surface area contributed by atoms with Gasteiger partial charge in [0.2, 0.25) is 5.91 Å². The minimum Gasteiger partial charge on any atom is -0.492 e. The summed E-state index contributed by atoms with van der Waals surface area (Å²) in [5.74, 6) is 0.748. The Morgan fingerprint density at radius 3 is 2.77 bits per heavy atom. The van der Waals surface area contributed by atoms with Gasteiger partial charge in [0.15, 0.2) is 0 Å². The molecule has 1 amide bonds. The van der Waals surface area contributed by atoms with E-state index >= 15 is 0 Å². The third-order valence-electron chi connectivity index (χ3n) is 3.11. The number of anilines is 1. The molecular formula is C17H28N2O3. The second-order valence-corrected chi connectivity index (χ2v) is 5.43. The molecule has 0 saturated heterocycles. The van der Waals surface area contributed by atoms with E-state index in [0.29, 0.717) is 44.0 Å². The van der Waals surface area contributed by atoms with Crippen LogP contribution in [-0.4, -0.2) is 31.8 Å². The van der Waals surface area contributed by atoms with Gasteiger partial charge in [-0.15, -0.1) is 0 Å². The molecule has 1 aromatic carbocycles. The van der Waals surface area contributed by atoms with Gasteiger partial charge in [-0.05, 0) is 51.3 Å². The maximum absolute atomic E-state index is 11.8. The van der Waals surface area contributed by atoms with Gasteiger partial charge in [-0.3, -0.25) is 4.79 Å². The average Bonchev–Trinajstić information content (AvgIpc) is 2.47. The molecule has 3 N–H and O–H groups in total. The summed E-state index contributed by atoms with van der Waals surface area (Å²) in [5.41, 5.74) is 7.57. The molecule has 0 fully saturated rings. The number of hydrogen-bond donors (Lipinski definition) is 2. The van der Waals surface area contributed by atoms with Crippen molar-refractivity contribution in [3.8, 4) is 5.75 Å². The van der Waals surface area contributed by atoms with Crippen LogP contribution in [0.2, 0.25) is 0 Å². The van der Waals surface area contributed by atoms with E-state index in [4.69, 9.17) is 15.2 Å². The summed E-state index contributed by atoms with van der Waals surface area (Å²) in [7, 11) is 0. The number of aryl methyl sites for hydroxylation is 1. The van der Waals surface area contributed by atoms with Crippen LogP contribution in [-0.2, 0) is 16.0 Å². The Labute approximate surface area is 133 Å². The number of rotatable bonds is 10. The topological polar surface area (TPSA) is 73.6 Å². The largest absolute Gasteiger partial charge is 0.492 e. The van der Waals surface area contributed by atoms with Gasteiger partial charge in [0.25, 0.3) is 0 Å². The van der Waals surface area contributed by atoms with Gasteiger partial charge in [0.05, 0.1) is 18.4 Å². The number of nitrogen functional groups attached to an aromatic ring is 1. The number of nitrogens with one attached hydrogen (secondary N) is 1. The van der Waals surface area contributed by atoms with Crippen molar-refractivity contribution in [2.24, 2.45) is 0 Å². The van der Waals surface area contributed by atoms with Crippen molar-refractivity contribution in [2.45, 2.75) is 46.1 Å². The molecule has 0 atom stereocenters. The summed E-state index contributed by atoms with van der Waals surface area (Å²) < 4.78 is 10.8. The first-order chi connectivity index (χ1) is 10.5. The molecule has 22 heavy (non-hydrogen) atoms. The number of hydrogen-bond acceptors (Lipinski definition) is 4. The summed E-state index contributed by atoms with van der Waals surface area (Å²) in [6, 6.07) is 5.68. The Morgan fingerprint density at radius 1 is 1.36 bits per heavy atom. The molecule has 0 aliphatic heterocycles. The van der Waals surface area contributed by atoms with Gasteiger partial charge in [-0.25, -0.2) is 0 Å². The maximum Gasteiger partial charge on any atom is 0.220 e. The molecule has 0 spiro atoms. The SMILES string of the molecule is CCOc1ccc(CCC(=O)NCCCOC(C)C)cc1N. The molecule has 1 aromatic rings. The standard InChI is InChI=1S/C17H28N2O3/c1-4-21-16-8-6-14(12-15(16)18)7-9-17(20)19-10-5-11-22-13(2)3/h6,8,12-13H,4-5,7,9-11,18H2,1-3H3,(H,19,20). The van der Waals surface area contributed by atoms with E-state index in [-0.39, 0.29) is 12.0 Å². The first-order valence-electron chi connectivity index (χ1n) is 7.92. The highest BCUT2D eigenvalue weighted by Crippen LogP contribution is 2.23. The number of carbonyl (C=O) groups excluding carboxylic acids is 1. The molecule has 0 aliphatic rings. The number of amides is 1. The summed E-state index contributed by atoms with van der Waals surface area (Å²) in [6.07, 6.45) is 2.20. The second-order valence-electron chi connectivity index (χ2n) is 5.43. The van der Waals surface area contributed by atoms with Crippen LogP contribution in [0.5, 0.6) is 5.75 Å². The molecule has 0 unspecified atom stereocenters. The fourth-order valence-electron chi connectivity index (χ4n) is 2.01. The lowest BCUT2D eigenvalue weighted by Gasteiger charge is -2.10. The molecule has 0 aromatic heterocycles. The molecule has 5 heteroatoms. The highest BCUT2D eigenvalue weighted by molar-refractivity contribution is 5.76. The zero-order chi connectivity index (χ0) is 16.4. The van der Waals surface area contributed by atoms with Crippen molar-refractivity contribution in [3.05, 3.63) is 23.8 Å². The van der Waals surface area contributed by atoms with Crippen LogP contribution >= 0.6 is 0 Å². The van der Waals surface area contributed by atoms with E-state index in [1.165, 1.54) is 0 Å². The van der Waals surface area contributed by atoms with Crippen molar-refractivity contribution in [1.82, 2.24) is 5.32 Å². The first kappa shape index (κ1) is 18.3. The van der Waals surface area contributed by atoms with Crippen LogP contribution in [0.3, 0.4) is 0 Å². The molecule has 0 radical (unpaired) electrons. The Morgan fingerprint density at radius 2 is 2.14 bits per heavy atom. The second kappa shape index (κ2) is 10.1. The molecule has 0 heterocycles. The van der Waals surface area contributed by atoms with E-state index in [1.54, 1.807) is 0 Å². The predicted octanol–water partition coefficient (Wildman–Crippen LogP) is 2.53. The first-order valence-corrected chi connectivity index (χ1v) is 7.92. The smallest absolute Gasteiger partial charge is 0.220 e. The lowest BCUT2D eigenvalue weighted by molar-refractivity contribution is -0.121. The van der Waals surface area contributed by atoms with Crippen molar-refractivity contribution in [2.75, 3.05) is 25.5 Å².